The third-order valence-corrected chi connectivity index (χ3v) is 7.68. The molecule has 4 aromatic carbocycles. The smallest absolute Gasteiger partial charge is 0.271 e. The van der Waals surface area contributed by atoms with Crippen molar-refractivity contribution in [1.82, 2.24) is 0 Å². The molecule has 0 unspecified atom stereocenters. The van der Waals surface area contributed by atoms with Crippen molar-refractivity contribution in [3.63, 3.8) is 0 Å². The molecule has 0 aliphatic rings. The Labute approximate surface area is 239 Å². The van der Waals surface area contributed by atoms with E-state index in [0.29, 0.717) is 16.0 Å². The molecule has 0 amide bonds. The maximum Gasteiger partial charge on any atom is 0.271 e. The number of anilines is 1. The Morgan fingerprint density at radius 2 is 1.47 bits per heavy atom. The van der Waals surface area contributed by atoms with Crippen molar-refractivity contribution >= 4 is 72.1 Å². The van der Waals surface area contributed by atoms with Crippen LogP contribution >= 0.6 is 50.7 Å². The third-order valence-electron chi connectivity index (χ3n) is 4.85. The van der Waals surface area contributed by atoms with Crippen molar-refractivity contribution in [1.29, 1.82) is 0 Å². The van der Waals surface area contributed by atoms with E-state index in [-0.39, 0.29) is 42.8 Å². The van der Waals surface area contributed by atoms with Crippen LogP contribution in [0.3, 0.4) is 0 Å². The molecule has 8 nitrogen and oxygen atoms in total. The molecule has 0 heterocycles. The van der Waals surface area contributed by atoms with E-state index in [9.17, 15) is 22.9 Å². The minimum Gasteiger partial charge on any atom is -0.456 e. The second kappa shape index (κ2) is 11.3. The van der Waals surface area contributed by atoms with Crippen LogP contribution in [-0.4, -0.2) is 13.3 Å². The number of non-ortho nitro benzene ring substituents is 1. The number of hydrogen-bond donors (Lipinski definition) is 1. The van der Waals surface area contributed by atoms with Gasteiger partial charge in [0.15, 0.2) is 5.75 Å². The largest absolute Gasteiger partial charge is 0.456 e. The lowest BCUT2D eigenvalue weighted by atomic mass is 10.3. The zero-order chi connectivity index (χ0) is 27.6. The molecule has 196 valence electrons. The van der Waals surface area contributed by atoms with Crippen molar-refractivity contribution in [2.45, 2.75) is 4.90 Å². The zero-order valence-electron chi connectivity index (χ0n) is 18.6. The van der Waals surface area contributed by atoms with Crippen LogP contribution in [-0.2, 0) is 10.0 Å². The highest BCUT2D eigenvalue weighted by Gasteiger charge is 2.21. The molecule has 0 atom stereocenters. The average molecular weight is 663 g/mol. The number of ether oxygens (including phenoxy) is 2. The van der Waals surface area contributed by atoms with Gasteiger partial charge in [0, 0.05) is 12.1 Å². The van der Waals surface area contributed by atoms with Gasteiger partial charge in [-0.25, -0.2) is 12.8 Å². The van der Waals surface area contributed by atoms with E-state index in [1.807, 2.05) is 0 Å². The van der Waals surface area contributed by atoms with Crippen molar-refractivity contribution in [3.8, 4) is 23.0 Å². The molecule has 0 saturated carbocycles. The number of sulfonamides is 1. The Kier molecular flexibility index (Phi) is 8.34. The van der Waals surface area contributed by atoms with E-state index in [2.05, 4.69) is 20.7 Å². The fourth-order valence-electron chi connectivity index (χ4n) is 3.08. The van der Waals surface area contributed by atoms with Crippen LogP contribution in [0.1, 0.15) is 0 Å². The first-order valence-electron chi connectivity index (χ1n) is 10.3. The summed E-state index contributed by atoms with van der Waals surface area (Å²) >= 11 is 21.9. The number of nitrogens with one attached hydrogen (secondary N) is 1. The Morgan fingerprint density at radius 1 is 0.842 bits per heavy atom. The van der Waals surface area contributed by atoms with Gasteiger partial charge in [-0.05, 0) is 76.6 Å². The quantitative estimate of drug-likeness (QED) is 0.149. The molecular weight excluding hydrogens is 650 g/mol. The van der Waals surface area contributed by atoms with E-state index < -0.39 is 20.8 Å². The molecule has 0 spiro atoms. The highest BCUT2D eigenvalue weighted by Crippen LogP contribution is 2.41. The normalized spacial score (nSPS) is 11.2. The minimum atomic E-state index is -4.14. The highest BCUT2D eigenvalue weighted by molar-refractivity contribution is 9.10. The molecule has 0 saturated heterocycles. The molecule has 0 aliphatic heterocycles. The van der Waals surface area contributed by atoms with Gasteiger partial charge in [-0.1, -0.05) is 34.8 Å². The van der Waals surface area contributed by atoms with Crippen LogP contribution in [0.4, 0.5) is 15.8 Å². The van der Waals surface area contributed by atoms with Gasteiger partial charge in [-0.2, -0.15) is 0 Å². The maximum atomic E-state index is 13.1. The number of nitro groups is 1. The molecule has 1 N–H and O–H groups in total. The van der Waals surface area contributed by atoms with E-state index in [4.69, 9.17) is 44.3 Å². The summed E-state index contributed by atoms with van der Waals surface area (Å²) < 4.78 is 53.2. The predicted octanol–water partition coefficient (Wildman–Crippen LogP) is 8.84. The first-order valence-corrected chi connectivity index (χ1v) is 13.7. The molecular formula is C24H13BrCl3FN2O6S. The molecule has 4 rings (SSSR count). The number of nitro benzene ring substituents is 1. The summed E-state index contributed by atoms with van der Waals surface area (Å²) in [6.07, 6.45) is 0. The van der Waals surface area contributed by atoms with Gasteiger partial charge in [-0.15, -0.1) is 0 Å². The SMILES string of the molecule is O=[N+]([O-])c1ccc(Oc2c(Cl)cc(S(=O)(=O)Nc3ccc(Oc4ccc(F)cc4)c(Br)c3)cc2Cl)c(Cl)c1. The van der Waals surface area contributed by atoms with Gasteiger partial charge >= 0.3 is 0 Å². The molecule has 0 bridgehead atoms. The van der Waals surface area contributed by atoms with Gasteiger partial charge < -0.3 is 9.47 Å². The van der Waals surface area contributed by atoms with Crippen LogP contribution in [0.2, 0.25) is 15.1 Å². The van der Waals surface area contributed by atoms with Gasteiger partial charge in [0.25, 0.3) is 15.7 Å². The predicted molar refractivity (Wildman–Crippen MR) is 146 cm³/mol. The fourth-order valence-corrected chi connectivity index (χ4v) is 5.54. The van der Waals surface area contributed by atoms with Gasteiger partial charge in [0.2, 0.25) is 0 Å². The number of hydrogen-bond acceptors (Lipinski definition) is 6. The van der Waals surface area contributed by atoms with Crippen LogP contribution < -0.4 is 14.2 Å². The number of nitrogens with zero attached hydrogens (tertiary/aromatic N) is 1. The lowest BCUT2D eigenvalue weighted by molar-refractivity contribution is -0.384. The van der Waals surface area contributed by atoms with E-state index >= 15 is 0 Å². The first kappa shape index (κ1) is 27.9. The van der Waals surface area contributed by atoms with E-state index in [1.54, 1.807) is 0 Å². The summed E-state index contributed by atoms with van der Waals surface area (Å²) in [6, 6.07) is 15.7. The van der Waals surface area contributed by atoms with Gasteiger partial charge in [-0.3, -0.25) is 14.8 Å². The van der Waals surface area contributed by atoms with Crippen LogP contribution in [0, 0.1) is 15.9 Å². The number of benzene rings is 4. The summed E-state index contributed by atoms with van der Waals surface area (Å²) in [6.45, 7) is 0. The number of halogens is 5. The van der Waals surface area contributed by atoms with Crippen molar-refractivity contribution < 1.29 is 27.2 Å². The minimum absolute atomic E-state index is 0.0302. The molecule has 0 aromatic heterocycles. The van der Waals surface area contributed by atoms with Crippen molar-refractivity contribution in [2.75, 3.05) is 4.72 Å². The fraction of sp³-hybridized carbons (Fsp3) is 0. The molecule has 0 radical (unpaired) electrons. The summed E-state index contributed by atoms with van der Waals surface area (Å²) in [5.41, 5.74) is -0.0395. The van der Waals surface area contributed by atoms with Gasteiger partial charge in [0.1, 0.15) is 23.1 Å². The molecule has 38 heavy (non-hydrogen) atoms. The summed E-state index contributed by atoms with van der Waals surface area (Å²) in [5.74, 6) is 0.297. The van der Waals surface area contributed by atoms with E-state index in [0.717, 1.165) is 18.2 Å². The van der Waals surface area contributed by atoms with Crippen LogP contribution in [0.5, 0.6) is 23.0 Å². The highest BCUT2D eigenvalue weighted by atomic mass is 79.9. The summed E-state index contributed by atoms with van der Waals surface area (Å²) in [4.78, 5) is 10.0. The zero-order valence-corrected chi connectivity index (χ0v) is 23.3. The second-order valence-corrected chi connectivity index (χ2v) is 11.3. The monoisotopic (exact) mass is 660 g/mol. The number of rotatable bonds is 8. The molecule has 0 aliphatic carbocycles. The second-order valence-electron chi connectivity index (χ2n) is 7.50. The van der Waals surface area contributed by atoms with Gasteiger partial charge in [0.05, 0.1) is 35.0 Å². The van der Waals surface area contributed by atoms with Crippen LogP contribution in [0.15, 0.2) is 82.2 Å². The van der Waals surface area contributed by atoms with Crippen LogP contribution in [0.25, 0.3) is 0 Å². The molecule has 0 fully saturated rings. The Morgan fingerprint density at radius 3 is 2.05 bits per heavy atom. The first-order chi connectivity index (χ1) is 17.9. The Balaban J connectivity index is 1.53. The summed E-state index contributed by atoms with van der Waals surface area (Å²) in [5, 5.41) is 10.5. The third kappa shape index (κ3) is 6.48. The van der Waals surface area contributed by atoms with E-state index in [1.165, 1.54) is 54.6 Å². The lowest BCUT2D eigenvalue weighted by Crippen LogP contribution is -2.13. The Hall–Kier alpha value is -3.09. The van der Waals surface area contributed by atoms with Crippen molar-refractivity contribution in [2.24, 2.45) is 0 Å². The lowest BCUT2D eigenvalue weighted by Gasteiger charge is -2.14. The average Bonchev–Trinajstić information content (AvgIpc) is 2.84. The standard InChI is InChI=1S/C24H13BrCl3FN2O6S/c25-18-9-14(3-7-22(18)36-16-5-1-13(29)2-6-16)30-38(34,35)17-11-20(27)24(21(28)12-17)37-23-8-4-15(31(32)33)10-19(23)26/h1-12,30H. The summed E-state index contributed by atoms with van der Waals surface area (Å²) in [7, 11) is -4.14. The molecule has 14 heteroatoms. The maximum absolute atomic E-state index is 13.1. The molecule has 4 aromatic rings. The topological polar surface area (TPSA) is 108 Å². The Bertz CT molecular complexity index is 1630. The van der Waals surface area contributed by atoms with Crippen molar-refractivity contribution in [3.05, 3.63) is 108 Å².